The molecule has 2 atom stereocenters. The van der Waals surface area contributed by atoms with Gasteiger partial charge in [0.2, 0.25) is 11.7 Å². The van der Waals surface area contributed by atoms with Crippen molar-refractivity contribution in [2.24, 2.45) is 5.92 Å². The van der Waals surface area contributed by atoms with Crippen LogP contribution in [0.2, 0.25) is 0 Å². The van der Waals surface area contributed by atoms with Gasteiger partial charge in [-0.15, -0.1) is 0 Å². The van der Waals surface area contributed by atoms with Crippen molar-refractivity contribution in [2.45, 2.75) is 25.8 Å². The van der Waals surface area contributed by atoms with Gasteiger partial charge in [0.15, 0.2) is 0 Å². The standard InChI is InChI=1S/C15H19N3O2/c1-10-7-8-16-12(9-10)15-17-14(18-20-15)11-5-3-4-6-13(11)19-2/h3-6,10,12,16H,7-9H2,1-2H3. The molecule has 1 aromatic heterocycles. The number of nitrogens with zero attached hydrogens (tertiary/aromatic N) is 2. The summed E-state index contributed by atoms with van der Waals surface area (Å²) in [4.78, 5) is 4.53. The van der Waals surface area contributed by atoms with Crippen LogP contribution in [0.3, 0.4) is 0 Å². The summed E-state index contributed by atoms with van der Waals surface area (Å²) in [7, 11) is 1.64. The second kappa shape index (κ2) is 5.63. The zero-order chi connectivity index (χ0) is 13.9. The summed E-state index contributed by atoms with van der Waals surface area (Å²) in [5, 5.41) is 7.52. The van der Waals surface area contributed by atoms with E-state index in [9.17, 15) is 0 Å². The van der Waals surface area contributed by atoms with Crippen molar-refractivity contribution in [3.63, 3.8) is 0 Å². The van der Waals surface area contributed by atoms with Crippen LogP contribution in [0.4, 0.5) is 0 Å². The number of aromatic nitrogens is 2. The molecule has 20 heavy (non-hydrogen) atoms. The van der Waals surface area contributed by atoms with Crippen molar-refractivity contribution in [2.75, 3.05) is 13.7 Å². The van der Waals surface area contributed by atoms with Crippen molar-refractivity contribution in [1.82, 2.24) is 15.5 Å². The highest BCUT2D eigenvalue weighted by Gasteiger charge is 2.25. The van der Waals surface area contributed by atoms with Crippen LogP contribution in [0.1, 0.15) is 31.7 Å². The molecule has 1 aliphatic heterocycles. The van der Waals surface area contributed by atoms with E-state index < -0.39 is 0 Å². The summed E-state index contributed by atoms with van der Waals surface area (Å²) >= 11 is 0. The lowest BCUT2D eigenvalue weighted by atomic mass is 9.94. The maximum absolute atomic E-state index is 5.43. The number of rotatable bonds is 3. The number of benzene rings is 1. The first-order valence-electron chi connectivity index (χ1n) is 6.98. The summed E-state index contributed by atoms with van der Waals surface area (Å²) in [6.45, 7) is 3.25. The number of nitrogens with one attached hydrogen (secondary N) is 1. The quantitative estimate of drug-likeness (QED) is 0.931. The van der Waals surface area contributed by atoms with E-state index in [-0.39, 0.29) is 6.04 Å². The second-order valence-electron chi connectivity index (χ2n) is 5.29. The zero-order valence-corrected chi connectivity index (χ0v) is 11.8. The number of ether oxygens (including phenoxy) is 1. The molecular formula is C15H19N3O2. The van der Waals surface area contributed by atoms with Crippen molar-refractivity contribution < 1.29 is 9.26 Å². The Bertz CT molecular complexity index is 582. The van der Waals surface area contributed by atoms with E-state index in [1.165, 1.54) is 6.42 Å². The van der Waals surface area contributed by atoms with E-state index in [2.05, 4.69) is 22.4 Å². The summed E-state index contributed by atoms with van der Waals surface area (Å²) < 4.78 is 10.8. The van der Waals surface area contributed by atoms with Gasteiger partial charge in [-0.1, -0.05) is 24.2 Å². The van der Waals surface area contributed by atoms with Crippen molar-refractivity contribution in [3.8, 4) is 17.1 Å². The van der Waals surface area contributed by atoms with E-state index in [4.69, 9.17) is 9.26 Å². The van der Waals surface area contributed by atoms with E-state index in [1.54, 1.807) is 7.11 Å². The molecule has 1 aliphatic rings. The van der Waals surface area contributed by atoms with E-state index in [0.717, 1.165) is 24.3 Å². The smallest absolute Gasteiger partial charge is 0.244 e. The molecule has 0 radical (unpaired) electrons. The molecule has 0 saturated carbocycles. The molecule has 5 heteroatoms. The Morgan fingerprint density at radius 2 is 2.20 bits per heavy atom. The van der Waals surface area contributed by atoms with Crippen LogP contribution in [-0.4, -0.2) is 23.8 Å². The fourth-order valence-electron chi connectivity index (χ4n) is 2.61. The van der Waals surface area contributed by atoms with Crippen LogP contribution in [0.15, 0.2) is 28.8 Å². The molecule has 2 heterocycles. The van der Waals surface area contributed by atoms with Gasteiger partial charge in [-0.25, -0.2) is 0 Å². The van der Waals surface area contributed by atoms with Crippen molar-refractivity contribution >= 4 is 0 Å². The van der Waals surface area contributed by atoms with Gasteiger partial charge < -0.3 is 14.6 Å². The molecule has 106 valence electrons. The van der Waals surface area contributed by atoms with E-state index >= 15 is 0 Å². The van der Waals surface area contributed by atoms with E-state index in [1.807, 2.05) is 24.3 Å². The molecule has 1 fully saturated rings. The van der Waals surface area contributed by atoms with Gasteiger partial charge in [-0.3, -0.25) is 0 Å². The van der Waals surface area contributed by atoms with Gasteiger partial charge in [0.1, 0.15) is 5.75 Å². The molecule has 1 saturated heterocycles. The first-order valence-corrected chi connectivity index (χ1v) is 6.98. The lowest BCUT2D eigenvalue weighted by molar-refractivity contribution is 0.260. The molecule has 2 unspecified atom stereocenters. The lowest BCUT2D eigenvalue weighted by Crippen LogP contribution is -2.30. The van der Waals surface area contributed by atoms with Gasteiger partial charge in [-0.2, -0.15) is 4.98 Å². The topological polar surface area (TPSA) is 60.2 Å². The predicted molar refractivity (Wildman–Crippen MR) is 75.4 cm³/mol. The zero-order valence-electron chi connectivity index (χ0n) is 11.8. The van der Waals surface area contributed by atoms with Crippen molar-refractivity contribution in [1.29, 1.82) is 0 Å². The lowest BCUT2D eigenvalue weighted by Gasteiger charge is -2.25. The fourth-order valence-corrected chi connectivity index (χ4v) is 2.61. The normalized spacial score (nSPS) is 22.7. The molecule has 3 rings (SSSR count). The SMILES string of the molecule is COc1ccccc1-c1noc(C2CC(C)CCN2)n1. The molecule has 5 nitrogen and oxygen atoms in total. The van der Waals surface area contributed by atoms with Gasteiger partial charge in [0.25, 0.3) is 0 Å². The molecule has 0 amide bonds. The van der Waals surface area contributed by atoms with Gasteiger partial charge >= 0.3 is 0 Å². The molecular weight excluding hydrogens is 254 g/mol. The molecule has 1 N–H and O–H groups in total. The third-order valence-electron chi connectivity index (χ3n) is 3.75. The molecule has 0 bridgehead atoms. The molecule has 1 aromatic carbocycles. The summed E-state index contributed by atoms with van der Waals surface area (Å²) in [5.41, 5.74) is 0.855. The number of hydrogen-bond donors (Lipinski definition) is 1. The predicted octanol–water partition coefficient (Wildman–Crippen LogP) is 2.81. The van der Waals surface area contributed by atoms with Gasteiger partial charge in [0.05, 0.1) is 18.7 Å². The van der Waals surface area contributed by atoms with Crippen molar-refractivity contribution in [3.05, 3.63) is 30.2 Å². The van der Waals surface area contributed by atoms with Crippen LogP contribution < -0.4 is 10.1 Å². The Labute approximate surface area is 118 Å². The average Bonchev–Trinajstić information content (AvgIpc) is 2.97. The van der Waals surface area contributed by atoms with Gasteiger partial charge in [-0.05, 0) is 37.4 Å². The minimum Gasteiger partial charge on any atom is -0.496 e. The molecule has 0 spiro atoms. The van der Waals surface area contributed by atoms with Crippen LogP contribution >= 0.6 is 0 Å². The van der Waals surface area contributed by atoms with Crippen LogP contribution in [0, 0.1) is 5.92 Å². The van der Waals surface area contributed by atoms with Gasteiger partial charge in [0, 0.05) is 0 Å². The third-order valence-corrected chi connectivity index (χ3v) is 3.75. The third kappa shape index (κ3) is 2.54. The van der Waals surface area contributed by atoms with Crippen LogP contribution in [-0.2, 0) is 0 Å². The molecule has 2 aromatic rings. The first-order chi connectivity index (χ1) is 9.78. The Morgan fingerprint density at radius 1 is 1.35 bits per heavy atom. The minimum atomic E-state index is 0.162. The second-order valence-corrected chi connectivity index (χ2v) is 5.29. The maximum Gasteiger partial charge on any atom is 0.244 e. The first kappa shape index (κ1) is 13.1. The minimum absolute atomic E-state index is 0.162. The largest absolute Gasteiger partial charge is 0.496 e. The Kier molecular flexibility index (Phi) is 3.69. The maximum atomic E-state index is 5.43. The summed E-state index contributed by atoms with van der Waals surface area (Å²) in [5.74, 6) is 2.68. The van der Waals surface area contributed by atoms with Crippen LogP contribution in [0.5, 0.6) is 5.75 Å². The highest BCUT2D eigenvalue weighted by molar-refractivity contribution is 5.63. The van der Waals surface area contributed by atoms with E-state index in [0.29, 0.717) is 17.6 Å². The summed E-state index contributed by atoms with van der Waals surface area (Å²) in [6.07, 6.45) is 2.23. The molecule has 0 aliphatic carbocycles. The monoisotopic (exact) mass is 273 g/mol. The Balaban J connectivity index is 1.86. The highest BCUT2D eigenvalue weighted by atomic mass is 16.5. The number of piperidine rings is 1. The Hall–Kier alpha value is -1.88. The fraction of sp³-hybridized carbons (Fsp3) is 0.467. The number of methoxy groups -OCH3 is 1. The average molecular weight is 273 g/mol. The Morgan fingerprint density at radius 3 is 3.00 bits per heavy atom. The van der Waals surface area contributed by atoms with Crippen LogP contribution in [0.25, 0.3) is 11.4 Å². The summed E-state index contributed by atoms with van der Waals surface area (Å²) in [6, 6.07) is 7.86. The number of hydrogen-bond acceptors (Lipinski definition) is 5. The number of para-hydroxylation sites is 1. The highest BCUT2D eigenvalue weighted by Crippen LogP contribution is 2.30.